The number of aryl methyl sites for hydroxylation is 1. The van der Waals surface area contributed by atoms with Crippen LogP contribution in [0.15, 0.2) is 36.4 Å². The minimum absolute atomic E-state index is 0.0661. The first-order chi connectivity index (χ1) is 14.9. The fourth-order valence-corrected chi connectivity index (χ4v) is 3.88. The zero-order chi connectivity index (χ0) is 22.1. The van der Waals surface area contributed by atoms with E-state index in [0.29, 0.717) is 16.8 Å². The van der Waals surface area contributed by atoms with Crippen molar-refractivity contribution in [3.8, 4) is 11.3 Å². The van der Waals surface area contributed by atoms with Gasteiger partial charge in [-0.1, -0.05) is 0 Å². The first-order valence-corrected chi connectivity index (χ1v) is 9.77. The highest BCUT2D eigenvalue weighted by Crippen LogP contribution is 2.33. The number of hydrogen-bond acceptors (Lipinski definition) is 2. The minimum Gasteiger partial charge on any atom is -0.352 e. The van der Waals surface area contributed by atoms with Gasteiger partial charge in [-0.15, -0.1) is 0 Å². The van der Waals surface area contributed by atoms with Gasteiger partial charge in [0.25, 0.3) is 0 Å². The fourth-order valence-electron chi connectivity index (χ4n) is 3.88. The third-order valence-electron chi connectivity index (χ3n) is 5.37. The highest BCUT2D eigenvalue weighted by Gasteiger charge is 2.32. The second kappa shape index (κ2) is 8.41. The van der Waals surface area contributed by atoms with Crippen LogP contribution in [0, 0.1) is 17.5 Å². The molecule has 2 amide bonds. The first kappa shape index (κ1) is 20.9. The number of aromatic amines is 1. The molecular formula is C22H19F4N3O2. The van der Waals surface area contributed by atoms with E-state index in [9.17, 15) is 27.2 Å². The Kier molecular flexibility index (Phi) is 5.67. The highest BCUT2D eigenvalue weighted by atomic mass is 19.1. The molecule has 1 aliphatic rings. The van der Waals surface area contributed by atoms with Crippen molar-refractivity contribution in [2.24, 2.45) is 0 Å². The summed E-state index contributed by atoms with van der Waals surface area (Å²) in [6.07, 6.45) is 0.205. The second-order valence-corrected chi connectivity index (χ2v) is 7.51. The lowest BCUT2D eigenvalue weighted by molar-refractivity contribution is -0.127. The first-order valence-electron chi connectivity index (χ1n) is 9.77. The van der Waals surface area contributed by atoms with Crippen LogP contribution in [0.1, 0.15) is 18.4 Å². The van der Waals surface area contributed by atoms with Crippen LogP contribution in [0.25, 0.3) is 22.2 Å². The predicted molar refractivity (Wildman–Crippen MR) is 106 cm³/mol. The maximum atomic E-state index is 14.3. The van der Waals surface area contributed by atoms with Gasteiger partial charge in [-0.3, -0.25) is 9.59 Å². The van der Waals surface area contributed by atoms with Crippen LogP contribution in [0.5, 0.6) is 0 Å². The molecule has 1 fully saturated rings. The minimum atomic E-state index is -0.817. The molecule has 0 bridgehead atoms. The third kappa shape index (κ3) is 4.26. The summed E-state index contributed by atoms with van der Waals surface area (Å²) >= 11 is 0. The Bertz CT molecular complexity index is 1140. The van der Waals surface area contributed by atoms with Crippen LogP contribution in [-0.2, 0) is 16.0 Å². The van der Waals surface area contributed by atoms with Gasteiger partial charge >= 0.3 is 0 Å². The summed E-state index contributed by atoms with van der Waals surface area (Å²) in [5, 5.41) is 5.30. The summed E-state index contributed by atoms with van der Waals surface area (Å²) in [6.45, 7) is -0.717. The number of rotatable bonds is 6. The van der Waals surface area contributed by atoms with Crippen LogP contribution in [0.4, 0.5) is 17.6 Å². The van der Waals surface area contributed by atoms with Crippen molar-refractivity contribution in [2.45, 2.75) is 31.3 Å². The van der Waals surface area contributed by atoms with Gasteiger partial charge in [0.15, 0.2) is 0 Å². The molecule has 5 nitrogen and oxygen atoms in total. The van der Waals surface area contributed by atoms with E-state index in [-0.39, 0.29) is 30.2 Å². The Labute approximate surface area is 174 Å². The SMILES string of the molecule is O=C(CCc1c(-c2ccc(F)cc2)[nH]c2c(F)cc(F)cc12)N[C@H]1C[C@@H](CF)NC1=O. The van der Waals surface area contributed by atoms with Crippen molar-refractivity contribution >= 4 is 22.7 Å². The molecule has 9 heteroatoms. The van der Waals surface area contributed by atoms with E-state index in [4.69, 9.17) is 0 Å². The lowest BCUT2D eigenvalue weighted by atomic mass is 10.0. The van der Waals surface area contributed by atoms with Crippen molar-refractivity contribution < 1.29 is 27.2 Å². The topological polar surface area (TPSA) is 74.0 Å². The van der Waals surface area contributed by atoms with E-state index in [1.807, 2.05) is 0 Å². The number of halogens is 4. The lowest BCUT2D eigenvalue weighted by Crippen LogP contribution is -2.40. The molecule has 1 aliphatic heterocycles. The number of amides is 2. The maximum absolute atomic E-state index is 14.3. The number of carbonyl (C=O) groups is 2. The largest absolute Gasteiger partial charge is 0.352 e. The maximum Gasteiger partial charge on any atom is 0.242 e. The van der Waals surface area contributed by atoms with Gasteiger partial charge in [-0.05, 0) is 54.3 Å². The zero-order valence-electron chi connectivity index (χ0n) is 16.3. The summed E-state index contributed by atoms with van der Waals surface area (Å²) in [5.41, 5.74) is 1.57. The molecule has 0 radical (unpaired) electrons. The third-order valence-corrected chi connectivity index (χ3v) is 5.37. The van der Waals surface area contributed by atoms with E-state index >= 15 is 0 Å². The normalized spacial score (nSPS) is 18.4. The Morgan fingerprint density at radius 1 is 1.10 bits per heavy atom. The molecule has 4 rings (SSSR count). The van der Waals surface area contributed by atoms with Crippen molar-refractivity contribution in [1.29, 1.82) is 0 Å². The number of alkyl halides is 1. The molecule has 2 aromatic carbocycles. The summed E-state index contributed by atoms with van der Waals surface area (Å²) in [7, 11) is 0. The van der Waals surface area contributed by atoms with E-state index in [1.54, 1.807) is 0 Å². The Morgan fingerprint density at radius 3 is 2.52 bits per heavy atom. The van der Waals surface area contributed by atoms with Gasteiger partial charge < -0.3 is 15.6 Å². The molecule has 1 saturated heterocycles. The predicted octanol–water partition coefficient (Wildman–Crippen LogP) is 3.53. The number of nitrogens with one attached hydrogen (secondary N) is 3. The lowest BCUT2D eigenvalue weighted by Gasteiger charge is -2.11. The molecule has 0 saturated carbocycles. The van der Waals surface area contributed by atoms with E-state index in [1.165, 1.54) is 30.3 Å². The van der Waals surface area contributed by atoms with Crippen LogP contribution in [0.2, 0.25) is 0 Å². The summed E-state index contributed by atoms with van der Waals surface area (Å²) < 4.78 is 54.3. The molecule has 3 aromatic rings. The number of aromatic nitrogens is 1. The number of fused-ring (bicyclic) bond motifs is 1. The molecule has 162 valence electrons. The van der Waals surface area contributed by atoms with Gasteiger partial charge in [-0.2, -0.15) is 0 Å². The Balaban J connectivity index is 1.60. The molecule has 2 heterocycles. The van der Waals surface area contributed by atoms with Gasteiger partial charge in [-0.25, -0.2) is 17.6 Å². The summed E-state index contributed by atoms with van der Waals surface area (Å²) in [4.78, 5) is 27.1. The zero-order valence-corrected chi connectivity index (χ0v) is 16.3. The molecule has 0 unspecified atom stereocenters. The van der Waals surface area contributed by atoms with Crippen LogP contribution < -0.4 is 10.6 Å². The van der Waals surface area contributed by atoms with Crippen LogP contribution in [-0.4, -0.2) is 35.6 Å². The van der Waals surface area contributed by atoms with E-state index in [2.05, 4.69) is 15.6 Å². The second-order valence-electron chi connectivity index (χ2n) is 7.51. The molecule has 2 atom stereocenters. The number of benzene rings is 2. The molecule has 0 aliphatic carbocycles. The number of H-pyrrole nitrogens is 1. The van der Waals surface area contributed by atoms with Crippen molar-refractivity contribution in [3.05, 3.63) is 59.4 Å². The summed E-state index contributed by atoms with van der Waals surface area (Å²) in [6, 6.07) is 5.97. The molecule has 3 N–H and O–H groups in total. The van der Waals surface area contributed by atoms with Crippen molar-refractivity contribution in [2.75, 3.05) is 6.67 Å². The van der Waals surface area contributed by atoms with Crippen LogP contribution in [0.3, 0.4) is 0 Å². The van der Waals surface area contributed by atoms with Crippen LogP contribution >= 0.6 is 0 Å². The van der Waals surface area contributed by atoms with Gasteiger partial charge in [0.2, 0.25) is 11.8 Å². The Morgan fingerprint density at radius 2 is 1.84 bits per heavy atom. The van der Waals surface area contributed by atoms with Crippen molar-refractivity contribution in [1.82, 2.24) is 15.6 Å². The molecule has 0 spiro atoms. The molecular weight excluding hydrogens is 414 g/mol. The van der Waals surface area contributed by atoms with E-state index < -0.39 is 48.0 Å². The van der Waals surface area contributed by atoms with Crippen molar-refractivity contribution in [3.63, 3.8) is 0 Å². The molecule has 1 aromatic heterocycles. The fraction of sp³-hybridized carbons (Fsp3) is 0.273. The smallest absolute Gasteiger partial charge is 0.242 e. The summed E-state index contributed by atoms with van der Waals surface area (Å²) in [5.74, 6) is -2.89. The monoisotopic (exact) mass is 433 g/mol. The van der Waals surface area contributed by atoms with Gasteiger partial charge in [0, 0.05) is 23.6 Å². The average Bonchev–Trinajstić information content (AvgIpc) is 3.27. The van der Waals surface area contributed by atoms with E-state index in [0.717, 1.165) is 6.07 Å². The average molecular weight is 433 g/mol. The molecule has 31 heavy (non-hydrogen) atoms. The highest BCUT2D eigenvalue weighted by molar-refractivity contribution is 5.93. The Hall–Kier alpha value is -3.36. The van der Waals surface area contributed by atoms with Gasteiger partial charge in [0.05, 0.1) is 11.6 Å². The van der Waals surface area contributed by atoms with Gasteiger partial charge in [0.1, 0.15) is 30.2 Å². The quantitative estimate of drug-likeness (QED) is 0.521. The standard InChI is InChI=1S/C22H19F4N3O2/c23-10-14-9-18(22(31)27-14)28-19(30)6-5-15-16-7-13(25)8-17(26)21(16)29-20(15)11-1-3-12(24)4-2-11/h1-4,7-8,14,18,29H,5-6,9-10H2,(H,27,31)(H,28,30)/t14-,18-/m0/s1. The number of carbonyl (C=O) groups excluding carboxylic acids is 2. The number of hydrogen-bond donors (Lipinski definition) is 3.